The van der Waals surface area contributed by atoms with Crippen LogP contribution in [0.3, 0.4) is 0 Å². The number of hydrogen-bond donors (Lipinski definition) is 1. The zero-order valence-electron chi connectivity index (χ0n) is 13.4. The zero-order valence-corrected chi connectivity index (χ0v) is 13.4. The van der Waals surface area contributed by atoms with Crippen LogP contribution in [0.15, 0.2) is 24.3 Å². The normalized spacial score (nSPS) is 31.5. The summed E-state index contributed by atoms with van der Waals surface area (Å²) in [5, 5.41) is 11.1. The van der Waals surface area contributed by atoms with Gasteiger partial charge >= 0.3 is 0 Å². The van der Waals surface area contributed by atoms with Gasteiger partial charge in [0.05, 0.1) is 18.8 Å². The third kappa shape index (κ3) is 2.50. The van der Waals surface area contributed by atoms with Gasteiger partial charge in [0.15, 0.2) is 0 Å². The van der Waals surface area contributed by atoms with E-state index in [1.807, 2.05) is 29.2 Å². The first kappa shape index (κ1) is 15.3. The lowest BCUT2D eigenvalue weighted by Crippen LogP contribution is -2.55. The summed E-state index contributed by atoms with van der Waals surface area (Å²) in [6, 6.07) is 7.79. The fourth-order valence-corrected chi connectivity index (χ4v) is 4.33. The van der Waals surface area contributed by atoms with Crippen LogP contribution >= 0.6 is 0 Å². The van der Waals surface area contributed by atoms with Crippen LogP contribution < -0.4 is 4.74 Å². The number of nitrogens with zero attached hydrogens (tertiary/aromatic N) is 1. The molecular weight excluding hydrogens is 278 g/mol. The second kappa shape index (κ2) is 5.92. The van der Waals surface area contributed by atoms with E-state index in [-0.39, 0.29) is 17.9 Å². The maximum atomic E-state index is 12.2. The summed E-state index contributed by atoms with van der Waals surface area (Å²) >= 11 is 0. The highest BCUT2D eigenvalue weighted by Crippen LogP contribution is 2.50. The van der Waals surface area contributed by atoms with E-state index in [4.69, 9.17) is 4.74 Å². The molecule has 3 atom stereocenters. The summed E-state index contributed by atoms with van der Waals surface area (Å²) in [6.07, 6.45) is 4.68. The fourth-order valence-electron chi connectivity index (χ4n) is 4.33. The van der Waals surface area contributed by atoms with Gasteiger partial charge in [0.25, 0.3) is 0 Å². The van der Waals surface area contributed by atoms with E-state index in [0.717, 1.165) is 37.0 Å². The van der Waals surface area contributed by atoms with Gasteiger partial charge in [-0.2, -0.15) is 0 Å². The molecule has 120 valence electrons. The minimum Gasteiger partial charge on any atom is -0.496 e. The number of rotatable bonds is 2. The van der Waals surface area contributed by atoms with Gasteiger partial charge in [0, 0.05) is 24.9 Å². The number of ether oxygens (including phenoxy) is 1. The average Bonchev–Trinajstić information content (AvgIpc) is 2.53. The van der Waals surface area contributed by atoms with Gasteiger partial charge in [-0.1, -0.05) is 31.0 Å². The van der Waals surface area contributed by atoms with Crippen LogP contribution in [0.4, 0.5) is 0 Å². The highest BCUT2D eigenvalue weighted by atomic mass is 16.5. The van der Waals surface area contributed by atoms with Crippen LogP contribution in [0.2, 0.25) is 0 Å². The van der Waals surface area contributed by atoms with Gasteiger partial charge in [0.2, 0.25) is 5.91 Å². The molecule has 1 aromatic rings. The molecule has 0 spiro atoms. The number of methoxy groups -OCH3 is 1. The number of aliphatic hydroxyl groups is 1. The van der Waals surface area contributed by atoms with Crippen LogP contribution in [0.25, 0.3) is 0 Å². The number of likely N-dealkylation sites (tertiary alicyclic amines) is 1. The van der Waals surface area contributed by atoms with Crippen molar-refractivity contribution < 1.29 is 14.6 Å². The van der Waals surface area contributed by atoms with E-state index in [1.165, 1.54) is 0 Å². The molecule has 1 aromatic carbocycles. The predicted octanol–water partition coefficient (Wildman–Crippen LogP) is 2.91. The van der Waals surface area contributed by atoms with E-state index in [2.05, 4.69) is 0 Å². The van der Waals surface area contributed by atoms with Crippen molar-refractivity contribution in [3.8, 4) is 5.75 Å². The molecule has 22 heavy (non-hydrogen) atoms. The second-order valence-corrected chi connectivity index (χ2v) is 6.61. The molecule has 3 rings (SSSR count). The molecule has 1 heterocycles. The molecule has 0 bridgehead atoms. The fraction of sp³-hybridized carbons (Fsp3) is 0.611. The number of benzene rings is 1. The van der Waals surface area contributed by atoms with Crippen molar-refractivity contribution in [2.75, 3.05) is 13.7 Å². The molecule has 1 N–H and O–H groups in total. The van der Waals surface area contributed by atoms with Crippen molar-refractivity contribution >= 4 is 5.91 Å². The Balaban J connectivity index is 2.06. The molecule has 1 saturated heterocycles. The standard InChI is InChI=1S/C18H25NO3/c1-13(20)19-12-11-18(21)10-6-5-8-15(18)17(19)14-7-3-4-9-16(14)22-2/h3-4,7,9,15,17,21H,5-6,8,10-12H2,1-2H3/t15-,17+,18+/m1/s1. The first-order valence-electron chi connectivity index (χ1n) is 8.19. The minimum atomic E-state index is -0.643. The van der Waals surface area contributed by atoms with Crippen LogP contribution in [-0.2, 0) is 4.79 Å². The van der Waals surface area contributed by atoms with E-state index in [9.17, 15) is 9.90 Å². The van der Waals surface area contributed by atoms with Crippen LogP contribution in [0, 0.1) is 5.92 Å². The zero-order chi connectivity index (χ0) is 15.7. The number of piperidine rings is 1. The quantitative estimate of drug-likeness (QED) is 0.914. The van der Waals surface area contributed by atoms with E-state index < -0.39 is 5.60 Å². The molecule has 0 radical (unpaired) electrons. The highest BCUT2D eigenvalue weighted by Gasteiger charge is 2.50. The summed E-state index contributed by atoms with van der Waals surface area (Å²) in [4.78, 5) is 14.1. The van der Waals surface area contributed by atoms with Crippen LogP contribution in [0.5, 0.6) is 5.75 Å². The van der Waals surface area contributed by atoms with Crippen molar-refractivity contribution in [2.24, 2.45) is 5.92 Å². The SMILES string of the molecule is COc1ccccc1[C@H]1[C@H]2CCCC[C@]2(O)CCN1C(C)=O. The lowest BCUT2D eigenvalue weighted by atomic mass is 9.66. The molecular formula is C18H25NO3. The first-order chi connectivity index (χ1) is 10.6. The van der Waals surface area contributed by atoms with Crippen molar-refractivity contribution in [3.05, 3.63) is 29.8 Å². The van der Waals surface area contributed by atoms with Gasteiger partial charge in [-0.25, -0.2) is 0 Å². The molecule has 1 aliphatic heterocycles. The number of fused-ring (bicyclic) bond motifs is 1. The monoisotopic (exact) mass is 303 g/mol. The molecule has 4 heteroatoms. The Morgan fingerprint density at radius 2 is 2.09 bits per heavy atom. The average molecular weight is 303 g/mol. The number of carbonyl (C=O) groups excluding carboxylic acids is 1. The summed E-state index contributed by atoms with van der Waals surface area (Å²) < 4.78 is 5.52. The van der Waals surface area contributed by atoms with Crippen LogP contribution in [-0.4, -0.2) is 35.2 Å². The van der Waals surface area contributed by atoms with Crippen molar-refractivity contribution in [3.63, 3.8) is 0 Å². The first-order valence-corrected chi connectivity index (χ1v) is 8.19. The Labute approximate surface area is 132 Å². The van der Waals surface area contributed by atoms with Gasteiger partial charge in [-0.3, -0.25) is 4.79 Å². The predicted molar refractivity (Wildman–Crippen MR) is 84.6 cm³/mol. The van der Waals surface area contributed by atoms with Gasteiger partial charge in [-0.15, -0.1) is 0 Å². The van der Waals surface area contributed by atoms with E-state index in [0.29, 0.717) is 13.0 Å². The molecule has 0 aromatic heterocycles. The Kier molecular flexibility index (Phi) is 4.13. The Morgan fingerprint density at radius 1 is 1.32 bits per heavy atom. The largest absolute Gasteiger partial charge is 0.496 e. The molecule has 4 nitrogen and oxygen atoms in total. The molecule has 2 aliphatic rings. The Morgan fingerprint density at radius 3 is 2.82 bits per heavy atom. The third-order valence-corrected chi connectivity index (χ3v) is 5.43. The second-order valence-electron chi connectivity index (χ2n) is 6.61. The number of amides is 1. The maximum Gasteiger partial charge on any atom is 0.219 e. The summed E-state index contributed by atoms with van der Waals surface area (Å²) in [6.45, 7) is 2.24. The number of para-hydroxylation sites is 1. The summed E-state index contributed by atoms with van der Waals surface area (Å²) in [7, 11) is 1.66. The van der Waals surface area contributed by atoms with E-state index >= 15 is 0 Å². The Bertz CT molecular complexity index is 559. The third-order valence-electron chi connectivity index (χ3n) is 5.43. The van der Waals surface area contributed by atoms with Crippen LogP contribution in [0.1, 0.15) is 50.6 Å². The minimum absolute atomic E-state index is 0.0727. The highest BCUT2D eigenvalue weighted by molar-refractivity contribution is 5.74. The van der Waals surface area contributed by atoms with Crippen molar-refractivity contribution in [1.29, 1.82) is 0 Å². The lowest BCUT2D eigenvalue weighted by Gasteiger charge is -2.52. The maximum absolute atomic E-state index is 12.2. The van der Waals surface area contributed by atoms with Gasteiger partial charge in [-0.05, 0) is 25.3 Å². The number of hydrogen-bond acceptors (Lipinski definition) is 3. The lowest BCUT2D eigenvalue weighted by molar-refractivity contribution is -0.153. The summed E-state index contributed by atoms with van der Waals surface area (Å²) in [5.74, 6) is 0.965. The van der Waals surface area contributed by atoms with Crippen molar-refractivity contribution in [2.45, 2.75) is 50.7 Å². The number of carbonyl (C=O) groups is 1. The topological polar surface area (TPSA) is 49.8 Å². The van der Waals surface area contributed by atoms with Gasteiger partial charge < -0.3 is 14.7 Å². The summed E-state index contributed by atoms with van der Waals surface area (Å²) in [5.41, 5.74) is 0.376. The smallest absolute Gasteiger partial charge is 0.219 e. The molecule has 1 aliphatic carbocycles. The molecule has 0 unspecified atom stereocenters. The van der Waals surface area contributed by atoms with Crippen molar-refractivity contribution in [1.82, 2.24) is 4.90 Å². The Hall–Kier alpha value is -1.55. The molecule has 1 saturated carbocycles. The molecule has 1 amide bonds. The van der Waals surface area contributed by atoms with Gasteiger partial charge in [0.1, 0.15) is 5.75 Å². The van der Waals surface area contributed by atoms with E-state index in [1.54, 1.807) is 14.0 Å². The molecule has 2 fully saturated rings.